The SMILES string of the molecule is Cc1cccc([C@@H](N)CCC(F)(F)F)c1C. The zero-order chi connectivity index (χ0) is 12.3. The molecule has 0 saturated heterocycles. The maximum absolute atomic E-state index is 12.1. The molecule has 0 unspecified atom stereocenters. The number of benzene rings is 1. The van der Waals surface area contributed by atoms with Crippen molar-refractivity contribution in [3.63, 3.8) is 0 Å². The van der Waals surface area contributed by atoms with E-state index >= 15 is 0 Å². The molecule has 0 amide bonds. The Labute approximate surface area is 93.5 Å². The fourth-order valence-electron chi connectivity index (χ4n) is 1.65. The molecule has 0 aliphatic rings. The van der Waals surface area contributed by atoms with Crippen LogP contribution in [0.15, 0.2) is 18.2 Å². The van der Waals surface area contributed by atoms with Crippen molar-refractivity contribution in [2.75, 3.05) is 0 Å². The zero-order valence-electron chi connectivity index (χ0n) is 9.43. The topological polar surface area (TPSA) is 26.0 Å². The van der Waals surface area contributed by atoms with E-state index in [1.165, 1.54) is 0 Å². The van der Waals surface area contributed by atoms with Gasteiger partial charge in [0.2, 0.25) is 0 Å². The fraction of sp³-hybridized carbons (Fsp3) is 0.500. The van der Waals surface area contributed by atoms with Gasteiger partial charge in [-0.1, -0.05) is 18.2 Å². The number of aryl methyl sites for hydroxylation is 1. The molecule has 1 rings (SSSR count). The normalized spacial score (nSPS) is 13.9. The van der Waals surface area contributed by atoms with Crippen LogP contribution in [0.3, 0.4) is 0 Å². The lowest BCUT2D eigenvalue weighted by molar-refractivity contribution is -0.136. The molecule has 0 aromatic heterocycles. The summed E-state index contributed by atoms with van der Waals surface area (Å²) >= 11 is 0. The molecule has 1 aromatic carbocycles. The van der Waals surface area contributed by atoms with Crippen molar-refractivity contribution >= 4 is 0 Å². The van der Waals surface area contributed by atoms with Crippen molar-refractivity contribution in [1.29, 1.82) is 0 Å². The van der Waals surface area contributed by atoms with Crippen molar-refractivity contribution in [1.82, 2.24) is 0 Å². The average molecular weight is 231 g/mol. The lowest BCUT2D eigenvalue weighted by Gasteiger charge is -2.17. The molecule has 0 aliphatic heterocycles. The molecule has 0 heterocycles. The highest BCUT2D eigenvalue weighted by atomic mass is 19.4. The molecule has 2 N–H and O–H groups in total. The minimum absolute atomic E-state index is 0.0617. The first kappa shape index (κ1) is 13.0. The molecule has 0 spiro atoms. The molecular formula is C12H16F3N. The van der Waals surface area contributed by atoms with Crippen LogP contribution in [-0.2, 0) is 0 Å². The minimum atomic E-state index is -4.13. The molecule has 4 heteroatoms. The third-order valence-electron chi connectivity index (χ3n) is 2.78. The molecule has 1 nitrogen and oxygen atoms in total. The van der Waals surface area contributed by atoms with Crippen LogP contribution in [-0.4, -0.2) is 6.18 Å². The Hall–Kier alpha value is -1.03. The Kier molecular flexibility index (Phi) is 3.97. The molecule has 0 fully saturated rings. The Bertz CT molecular complexity index is 358. The molecule has 0 radical (unpaired) electrons. The summed E-state index contributed by atoms with van der Waals surface area (Å²) in [5.41, 5.74) is 8.62. The smallest absolute Gasteiger partial charge is 0.324 e. The van der Waals surface area contributed by atoms with Crippen molar-refractivity contribution in [2.24, 2.45) is 5.73 Å². The third kappa shape index (κ3) is 3.52. The number of rotatable bonds is 3. The summed E-state index contributed by atoms with van der Waals surface area (Å²) in [6, 6.07) is 5.01. The van der Waals surface area contributed by atoms with Crippen molar-refractivity contribution in [3.8, 4) is 0 Å². The molecule has 0 saturated carbocycles. The fourth-order valence-corrected chi connectivity index (χ4v) is 1.65. The van der Waals surface area contributed by atoms with Gasteiger partial charge in [-0.3, -0.25) is 0 Å². The molecular weight excluding hydrogens is 215 g/mol. The average Bonchev–Trinajstić information content (AvgIpc) is 2.17. The third-order valence-corrected chi connectivity index (χ3v) is 2.78. The van der Waals surface area contributed by atoms with Crippen molar-refractivity contribution < 1.29 is 13.2 Å². The van der Waals surface area contributed by atoms with Gasteiger partial charge >= 0.3 is 6.18 Å². The lowest BCUT2D eigenvalue weighted by Crippen LogP contribution is -2.16. The van der Waals surface area contributed by atoms with Gasteiger partial charge in [-0.2, -0.15) is 13.2 Å². The molecule has 0 bridgehead atoms. The van der Waals surface area contributed by atoms with Crippen LogP contribution in [0.5, 0.6) is 0 Å². The first-order valence-electron chi connectivity index (χ1n) is 5.19. The van der Waals surface area contributed by atoms with Crippen molar-refractivity contribution in [2.45, 2.75) is 38.9 Å². The van der Waals surface area contributed by atoms with Gasteiger partial charge in [0.15, 0.2) is 0 Å². The van der Waals surface area contributed by atoms with Gasteiger partial charge in [-0.25, -0.2) is 0 Å². The van der Waals surface area contributed by atoms with E-state index in [1.54, 1.807) is 6.07 Å². The van der Waals surface area contributed by atoms with Gasteiger partial charge < -0.3 is 5.73 Å². The highest BCUT2D eigenvalue weighted by molar-refractivity contribution is 5.35. The van der Waals surface area contributed by atoms with Gasteiger partial charge in [-0.05, 0) is 37.0 Å². The minimum Gasteiger partial charge on any atom is -0.324 e. The quantitative estimate of drug-likeness (QED) is 0.844. The van der Waals surface area contributed by atoms with Crippen LogP contribution in [0.2, 0.25) is 0 Å². The number of hydrogen-bond donors (Lipinski definition) is 1. The van der Waals surface area contributed by atoms with Crippen LogP contribution < -0.4 is 5.73 Å². The highest BCUT2D eigenvalue weighted by Crippen LogP contribution is 2.28. The number of nitrogens with two attached hydrogens (primary N) is 1. The number of halogens is 3. The Morgan fingerprint density at radius 1 is 1.25 bits per heavy atom. The molecule has 90 valence electrons. The van der Waals surface area contributed by atoms with Gasteiger partial charge in [-0.15, -0.1) is 0 Å². The van der Waals surface area contributed by atoms with E-state index in [0.29, 0.717) is 0 Å². The van der Waals surface area contributed by atoms with Gasteiger partial charge in [0, 0.05) is 12.5 Å². The molecule has 1 atom stereocenters. The number of hydrogen-bond acceptors (Lipinski definition) is 1. The first-order valence-corrected chi connectivity index (χ1v) is 5.19. The summed E-state index contributed by atoms with van der Waals surface area (Å²) in [5, 5.41) is 0. The van der Waals surface area contributed by atoms with Crippen LogP contribution in [0.25, 0.3) is 0 Å². The molecule has 16 heavy (non-hydrogen) atoms. The second-order valence-electron chi connectivity index (χ2n) is 4.05. The summed E-state index contributed by atoms with van der Waals surface area (Å²) in [4.78, 5) is 0. The standard InChI is InChI=1S/C12H16F3N/c1-8-4-3-5-10(9(8)2)11(16)6-7-12(13,14)15/h3-5,11H,6-7,16H2,1-2H3/t11-/m0/s1. The Balaban J connectivity index is 2.73. The summed E-state index contributed by atoms with van der Waals surface area (Å²) in [5.74, 6) is 0. The first-order chi connectivity index (χ1) is 7.31. The highest BCUT2D eigenvalue weighted by Gasteiger charge is 2.28. The monoisotopic (exact) mass is 231 g/mol. The maximum Gasteiger partial charge on any atom is 0.389 e. The number of alkyl halides is 3. The van der Waals surface area contributed by atoms with E-state index in [-0.39, 0.29) is 6.42 Å². The van der Waals surface area contributed by atoms with Crippen LogP contribution >= 0.6 is 0 Å². The van der Waals surface area contributed by atoms with Gasteiger partial charge in [0.25, 0.3) is 0 Å². The Morgan fingerprint density at radius 3 is 2.44 bits per heavy atom. The maximum atomic E-state index is 12.1. The van der Waals surface area contributed by atoms with Crippen LogP contribution in [0.1, 0.15) is 35.6 Å². The predicted octanol–water partition coefficient (Wildman–Crippen LogP) is 3.65. The summed E-state index contributed by atoms with van der Waals surface area (Å²) in [6.07, 6.45) is -5.02. The van der Waals surface area contributed by atoms with Crippen LogP contribution in [0.4, 0.5) is 13.2 Å². The largest absolute Gasteiger partial charge is 0.389 e. The van der Waals surface area contributed by atoms with Crippen LogP contribution in [0, 0.1) is 13.8 Å². The van der Waals surface area contributed by atoms with E-state index in [0.717, 1.165) is 16.7 Å². The molecule has 1 aromatic rings. The Morgan fingerprint density at radius 2 is 1.88 bits per heavy atom. The lowest BCUT2D eigenvalue weighted by atomic mass is 9.95. The zero-order valence-corrected chi connectivity index (χ0v) is 9.43. The van der Waals surface area contributed by atoms with Gasteiger partial charge in [0.05, 0.1) is 0 Å². The summed E-state index contributed by atoms with van der Waals surface area (Å²) in [6.45, 7) is 3.81. The second-order valence-corrected chi connectivity index (χ2v) is 4.05. The van der Waals surface area contributed by atoms with E-state index in [1.807, 2.05) is 26.0 Å². The van der Waals surface area contributed by atoms with E-state index in [2.05, 4.69) is 0 Å². The van der Waals surface area contributed by atoms with Gasteiger partial charge in [0.1, 0.15) is 0 Å². The van der Waals surface area contributed by atoms with Crippen molar-refractivity contribution in [3.05, 3.63) is 34.9 Å². The summed E-state index contributed by atoms with van der Waals surface area (Å²) in [7, 11) is 0. The second kappa shape index (κ2) is 4.87. The predicted molar refractivity (Wildman–Crippen MR) is 58.1 cm³/mol. The molecule has 0 aliphatic carbocycles. The summed E-state index contributed by atoms with van der Waals surface area (Å²) < 4.78 is 36.2. The van der Waals surface area contributed by atoms with E-state index < -0.39 is 18.6 Å². The van der Waals surface area contributed by atoms with E-state index in [9.17, 15) is 13.2 Å². The van der Waals surface area contributed by atoms with E-state index in [4.69, 9.17) is 5.73 Å².